The molecule has 1 fully saturated rings. The number of nitrogen functional groups attached to an aromatic ring is 1. The van der Waals surface area contributed by atoms with Gasteiger partial charge in [0.15, 0.2) is 0 Å². The van der Waals surface area contributed by atoms with Gasteiger partial charge in [-0.3, -0.25) is 9.59 Å². The summed E-state index contributed by atoms with van der Waals surface area (Å²) in [4.78, 5) is 37.8. The molecule has 0 bridgehead atoms. The van der Waals surface area contributed by atoms with Gasteiger partial charge in [-0.2, -0.15) is 0 Å². The molecule has 7 heteroatoms. The van der Waals surface area contributed by atoms with Crippen molar-refractivity contribution in [1.29, 1.82) is 0 Å². The Morgan fingerprint density at radius 3 is 2.63 bits per heavy atom. The molecule has 1 atom stereocenters. The van der Waals surface area contributed by atoms with Crippen LogP contribution in [0.15, 0.2) is 48.5 Å². The van der Waals surface area contributed by atoms with Crippen LogP contribution in [0.25, 0.3) is 0 Å². The van der Waals surface area contributed by atoms with E-state index in [1.165, 1.54) is 0 Å². The first-order chi connectivity index (χ1) is 13.0. The lowest BCUT2D eigenvalue weighted by Crippen LogP contribution is -2.38. The monoisotopic (exact) mass is 367 g/mol. The molecule has 0 saturated carbocycles. The fourth-order valence-corrected chi connectivity index (χ4v) is 2.97. The van der Waals surface area contributed by atoms with Crippen molar-refractivity contribution in [3.63, 3.8) is 0 Å². The molecule has 3 N–H and O–H groups in total. The number of anilines is 2. The number of hydrogen-bond donors (Lipinski definition) is 2. The summed E-state index contributed by atoms with van der Waals surface area (Å²) in [6, 6.07) is 13.0. The van der Waals surface area contributed by atoms with Crippen LogP contribution in [0.5, 0.6) is 0 Å². The van der Waals surface area contributed by atoms with Gasteiger partial charge in [0.2, 0.25) is 5.91 Å². The van der Waals surface area contributed by atoms with Crippen molar-refractivity contribution in [2.45, 2.75) is 25.9 Å². The Morgan fingerprint density at radius 2 is 1.96 bits per heavy atom. The van der Waals surface area contributed by atoms with E-state index in [1.807, 2.05) is 18.2 Å². The Bertz CT molecular complexity index is 864. The van der Waals surface area contributed by atoms with Crippen LogP contribution in [-0.4, -0.2) is 30.4 Å². The van der Waals surface area contributed by atoms with Gasteiger partial charge >= 0.3 is 5.97 Å². The first-order valence-corrected chi connectivity index (χ1v) is 8.71. The van der Waals surface area contributed by atoms with E-state index in [0.717, 1.165) is 10.5 Å². The normalized spacial score (nSPS) is 16.6. The Kier molecular flexibility index (Phi) is 5.52. The molecule has 1 heterocycles. The number of carbonyl (C=O) groups excluding carboxylic acids is 3. The molecule has 0 radical (unpaired) electrons. The summed E-state index contributed by atoms with van der Waals surface area (Å²) in [7, 11) is 0. The van der Waals surface area contributed by atoms with Gasteiger partial charge in [-0.25, -0.2) is 9.69 Å². The topological polar surface area (TPSA) is 102 Å². The number of nitrogens with one attached hydrogen (secondary N) is 1. The summed E-state index contributed by atoms with van der Waals surface area (Å²) in [5, 5.41) is 3.11. The largest absolute Gasteiger partial charge is 0.462 e. The predicted octanol–water partition coefficient (Wildman–Crippen LogP) is 1.87. The molecule has 2 aromatic carbocycles. The first kappa shape index (κ1) is 18.6. The van der Waals surface area contributed by atoms with E-state index < -0.39 is 12.0 Å². The van der Waals surface area contributed by atoms with Gasteiger partial charge in [0.1, 0.15) is 0 Å². The van der Waals surface area contributed by atoms with E-state index in [-0.39, 0.29) is 24.8 Å². The van der Waals surface area contributed by atoms with Gasteiger partial charge in [-0.1, -0.05) is 12.1 Å². The molecule has 2 amide bonds. The fourth-order valence-electron chi connectivity index (χ4n) is 2.97. The maximum atomic E-state index is 12.7. The van der Waals surface area contributed by atoms with Crippen molar-refractivity contribution in [3.8, 4) is 0 Å². The minimum atomic E-state index is -0.594. The third-order valence-electron chi connectivity index (χ3n) is 4.29. The summed E-state index contributed by atoms with van der Waals surface area (Å²) in [6.07, 6.45) is 0.0841. The summed E-state index contributed by atoms with van der Waals surface area (Å²) in [6.45, 7) is 2.44. The molecule has 27 heavy (non-hydrogen) atoms. The molecule has 140 valence electrons. The zero-order valence-corrected chi connectivity index (χ0v) is 15.0. The second-order valence-corrected chi connectivity index (χ2v) is 6.22. The molecule has 0 aliphatic carbocycles. The van der Waals surface area contributed by atoms with Gasteiger partial charge in [0, 0.05) is 12.2 Å². The van der Waals surface area contributed by atoms with Crippen molar-refractivity contribution in [3.05, 3.63) is 59.7 Å². The molecule has 3 rings (SSSR count). The Balaban J connectivity index is 1.67. The smallest absolute Gasteiger partial charge is 0.338 e. The first-order valence-electron chi connectivity index (χ1n) is 8.71. The van der Waals surface area contributed by atoms with Crippen molar-refractivity contribution in [2.75, 3.05) is 17.2 Å². The van der Waals surface area contributed by atoms with Crippen LogP contribution >= 0.6 is 0 Å². The SMILES string of the molecule is CCOC(=O)c1ccc(N2C(=O)CC(NCc3cccc(N)c3)C2=O)cc1. The average molecular weight is 367 g/mol. The second kappa shape index (κ2) is 8.01. The van der Waals surface area contributed by atoms with Crippen LogP contribution in [-0.2, 0) is 20.9 Å². The van der Waals surface area contributed by atoms with E-state index in [2.05, 4.69) is 5.32 Å². The molecule has 1 saturated heterocycles. The van der Waals surface area contributed by atoms with E-state index >= 15 is 0 Å². The van der Waals surface area contributed by atoms with Crippen LogP contribution in [0.4, 0.5) is 11.4 Å². The lowest BCUT2D eigenvalue weighted by Gasteiger charge is -2.16. The number of rotatable bonds is 6. The highest BCUT2D eigenvalue weighted by Gasteiger charge is 2.39. The quantitative estimate of drug-likeness (QED) is 0.459. The zero-order chi connectivity index (χ0) is 19.4. The maximum absolute atomic E-state index is 12.7. The van der Waals surface area contributed by atoms with Gasteiger partial charge in [0.25, 0.3) is 5.91 Å². The number of hydrogen-bond acceptors (Lipinski definition) is 6. The Hall–Kier alpha value is -3.19. The highest BCUT2D eigenvalue weighted by molar-refractivity contribution is 6.22. The predicted molar refractivity (Wildman–Crippen MR) is 101 cm³/mol. The van der Waals surface area contributed by atoms with Crippen molar-refractivity contribution < 1.29 is 19.1 Å². The van der Waals surface area contributed by atoms with Gasteiger partial charge in [-0.05, 0) is 48.9 Å². The zero-order valence-electron chi connectivity index (χ0n) is 15.0. The van der Waals surface area contributed by atoms with Crippen molar-refractivity contribution >= 4 is 29.2 Å². The number of imide groups is 1. The van der Waals surface area contributed by atoms with E-state index in [9.17, 15) is 14.4 Å². The molecule has 1 aliphatic heterocycles. The number of benzene rings is 2. The highest BCUT2D eigenvalue weighted by atomic mass is 16.5. The van der Waals surface area contributed by atoms with E-state index in [1.54, 1.807) is 37.3 Å². The van der Waals surface area contributed by atoms with Crippen LogP contribution in [0, 0.1) is 0 Å². The maximum Gasteiger partial charge on any atom is 0.338 e. The van der Waals surface area contributed by atoms with Crippen molar-refractivity contribution in [1.82, 2.24) is 5.32 Å². The number of ether oxygens (including phenoxy) is 1. The molecule has 7 nitrogen and oxygen atoms in total. The molecule has 0 spiro atoms. The third-order valence-corrected chi connectivity index (χ3v) is 4.29. The van der Waals surface area contributed by atoms with Gasteiger partial charge in [0.05, 0.1) is 30.3 Å². The lowest BCUT2D eigenvalue weighted by atomic mass is 10.1. The summed E-state index contributed by atoms with van der Waals surface area (Å²) >= 11 is 0. The molecule has 0 aromatic heterocycles. The van der Waals surface area contributed by atoms with E-state index in [4.69, 9.17) is 10.5 Å². The molecule has 1 unspecified atom stereocenters. The Labute approximate surface area is 157 Å². The lowest BCUT2D eigenvalue weighted by molar-refractivity contribution is -0.121. The number of nitrogens with two attached hydrogens (primary N) is 1. The molecule has 2 aromatic rings. The number of carbonyl (C=O) groups is 3. The van der Waals surface area contributed by atoms with Crippen LogP contribution in [0.3, 0.4) is 0 Å². The third kappa shape index (κ3) is 4.15. The van der Waals surface area contributed by atoms with E-state index in [0.29, 0.717) is 23.5 Å². The fraction of sp³-hybridized carbons (Fsp3) is 0.250. The molecular formula is C20H21N3O4. The Morgan fingerprint density at radius 1 is 1.22 bits per heavy atom. The molecular weight excluding hydrogens is 346 g/mol. The minimum Gasteiger partial charge on any atom is -0.462 e. The summed E-state index contributed by atoms with van der Waals surface area (Å²) < 4.78 is 4.93. The average Bonchev–Trinajstić information content (AvgIpc) is 2.94. The number of amides is 2. The number of esters is 1. The number of nitrogens with zero attached hydrogens (tertiary/aromatic N) is 1. The highest BCUT2D eigenvalue weighted by Crippen LogP contribution is 2.24. The van der Waals surface area contributed by atoms with Crippen LogP contribution in [0.1, 0.15) is 29.3 Å². The van der Waals surface area contributed by atoms with Crippen molar-refractivity contribution in [2.24, 2.45) is 0 Å². The second-order valence-electron chi connectivity index (χ2n) is 6.22. The summed E-state index contributed by atoms with van der Waals surface area (Å²) in [5.74, 6) is -1.04. The minimum absolute atomic E-state index is 0.0841. The van der Waals surface area contributed by atoms with Crippen LogP contribution in [0.2, 0.25) is 0 Å². The standard InChI is InChI=1S/C20H21N3O4/c1-2-27-20(26)14-6-8-16(9-7-14)23-18(24)11-17(19(23)25)22-12-13-4-3-5-15(21)10-13/h3-10,17,22H,2,11-12,21H2,1H3. The van der Waals surface area contributed by atoms with Gasteiger partial charge in [-0.15, -0.1) is 0 Å². The molecule has 1 aliphatic rings. The van der Waals surface area contributed by atoms with Crippen LogP contribution < -0.4 is 16.0 Å². The summed E-state index contributed by atoms with van der Waals surface area (Å²) in [5.41, 5.74) is 8.14. The van der Waals surface area contributed by atoms with Gasteiger partial charge < -0.3 is 15.8 Å².